The summed E-state index contributed by atoms with van der Waals surface area (Å²) in [7, 11) is 0. The summed E-state index contributed by atoms with van der Waals surface area (Å²) in [6.45, 7) is 0. The first-order valence-electron chi connectivity index (χ1n) is 6.28. The smallest absolute Gasteiger partial charge is 0.322 e. The first-order chi connectivity index (χ1) is 11.0. The van der Waals surface area contributed by atoms with Crippen molar-refractivity contribution in [3.05, 3.63) is 62.2 Å². The molecular weight excluding hydrogens is 388 g/mol. The van der Waals surface area contributed by atoms with E-state index in [-0.39, 0.29) is 10.9 Å². The fraction of sp³-hybridized carbons (Fsp3) is 0. The van der Waals surface area contributed by atoms with Gasteiger partial charge >= 0.3 is 5.69 Å². The molecule has 0 bridgehead atoms. The van der Waals surface area contributed by atoms with Gasteiger partial charge in [-0.05, 0) is 56.7 Å². The molecule has 1 amide bonds. The molecule has 2 heterocycles. The molecule has 116 valence electrons. The van der Waals surface area contributed by atoms with Crippen molar-refractivity contribution < 1.29 is 4.79 Å². The quantitative estimate of drug-likeness (QED) is 0.660. The molecule has 3 aromatic rings. The minimum absolute atomic E-state index is 0.247. The van der Waals surface area contributed by atoms with E-state index in [0.29, 0.717) is 21.5 Å². The number of rotatable bonds is 3. The fourth-order valence-corrected chi connectivity index (χ4v) is 2.36. The van der Waals surface area contributed by atoms with Gasteiger partial charge in [0.1, 0.15) is 4.60 Å². The predicted octanol–water partition coefficient (Wildman–Crippen LogP) is 2.02. The van der Waals surface area contributed by atoms with Gasteiger partial charge in [0.05, 0.1) is 16.3 Å². The van der Waals surface area contributed by atoms with Crippen LogP contribution >= 0.6 is 27.5 Å². The van der Waals surface area contributed by atoms with Crippen LogP contribution in [0.1, 0.15) is 10.4 Å². The van der Waals surface area contributed by atoms with Gasteiger partial charge in [-0.3, -0.25) is 4.79 Å². The Balaban J connectivity index is 1.81. The summed E-state index contributed by atoms with van der Waals surface area (Å²) in [6.07, 6.45) is 1.39. The summed E-state index contributed by atoms with van der Waals surface area (Å²) in [5.74, 6) is -0.371. The first kappa shape index (κ1) is 15.4. The van der Waals surface area contributed by atoms with E-state index in [1.54, 1.807) is 24.3 Å². The number of nitrogens with zero attached hydrogens (tertiary/aromatic N) is 4. The third-order valence-corrected chi connectivity index (χ3v) is 3.64. The van der Waals surface area contributed by atoms with Crippen LogP contribution in [0.5, 0.6) is 0 Å². The average molecular weight is 396 g/mol. The van der Waals surface area contributed by atoms with Crippen molar-refractivity contribution in [2.75, 3.05) is 5.32 Å². The van der Waals surface area contributed by atoms with Crippen molar-refractivity contribution >= 4 is 39.1 Å². The van der Waals surface area contributed by atoms with Gasteiger partial charge in [0.25, 0.3) is 5.91 Å². The highest BCUT2D eigenvalue weighted by atomic mass is 79.9. The molecule has 8 nitrogen and oxygen atoms in total. The Hall–Kier alpha value is -2.52. The Morgan fingerprint density at radius 2 is 2.04 bits per heavy atom. The molecule has 10 heteroatoms. The second-order valence-corrected chi connectivity index (χ2v) is 5.63. The number of anilines is 1. The first-order valence-corrected chi connectivity index (χ1v) is 7.45. The topological polar surface area (TPSA) is 106 Å². The second kappa shape index (κ2) is 6.31. The Morgan fingerprint density at radius 1 is 1.30 bits per heavy atom. The lowest BCUT2D eigenvalue weighted by Crippen LogP contribution is -2.16. The van der Waals surface area contributed by atoms with E-state index in [2.05, 4.69) is 41.8 Å². The minimum atomic E-state index is -0.449. The van der Waals surface area contributed by atoms with Crippen molar-refractivity contribution in [2.24, 2.45) is 0 Å². The molecule has 0 fully saturated rings. The van der Waals surface area contributed by atoms with Crippen LogP contribution in [0, 0.1) is 0 Å². The Labute approximate surface area is 142 Å². The number of tetrazole rings is 1. The van der Waals surface area contributed by atoms with E-state index in [0.717, 1.165) is 4.68 Å². The van der Waals surface area contributed by atoms with E-state index < -0.39 is 5.69 Å². The van der Waals surface area contributed by atoms with Crippen LogP contribution in [-0.2, 0) is 0 Å². The molecule has 2 aromatic heterocycles. The van der Waals surface area contributed by atoms with E-state index in [4.69, 9.17) is 11.6 Å². The van der Waals surface area contributed by atoms with E-state index in [9.17, 15) is 9.59 Å². The molecule has 0 aliphatic rings. The Bertz CT molecular complexity index is 921. The molecule has 0 radical (unpaired) electrons. The van der Waals surface area contributed by atoms with Crippen LogP contribution in [0.15, 0.2) is 45.9 Å². The van der Waals surface area contributed by atoms with Gasteiger partial charge in [0, 0.05) is 11.9 Å². The number of amides is 1. The van der Waals surface area contributed by atoms with E-state index in [1.807, 2.05) is 0 Å². The maximum Gasteiger partial charge on any atom is 0.365 e. The van der Waals surface area contributed by atoms with Gasteiger partial charge in [-0.2, -0.15) is 4.68 Å². The summed E-state index contributed by atoms with van der Waals surface area (Å²) in [4.78, 5) is 27.6. The van der Waals surface area contributed by atoms with Crippen LogP contribution in [-0.4, -0.2) is 31.1 Å². The van der Waals surface area contributed by atoms with Gasteiger partial charge in [-0.1, -0.05) is 11.6 Å². The van der Waals surface area contributed by atoms with Crippen molar-refractivity contribution in [3.63, 3.8) is 0 Å². The summed E-state index contributed by atoms with van der Waals surface area (Å²) in [5.41, 5.74) is 0.909. The van der Waals surface area contributed by atoms with Gasteiger partial charge in [0.15, 0.2) is 0 Å². The zero-order valence-corrected chi connectivity index (χ0v) is 13.7. The van der Waals surface area contributed by atoms with Gasteiger partial charge in [-0.15, -0.1) is 0 Å². The lowest BCUT2D eigenvalue weighted by Gasteiger charge is -2.07. The maximum atomic E-state index is 12.2. The second-order valence-electron chi connectivity index (χ2n) is 4.41. The molecule has 0 spiro atoms. The monoisotopic (exact) mass is 394 g/mol. The minimum Gasteiger partial charge on any atom is -0.322 e. The molecule has 3 rings (SSSR count). The van der Waals surface area contributed by atoms with Gasteiger partial charge < -0.3 is 5.32 Å². The van der Waals surface area contributed by atoms with E-state index >= 15 is 0 Å². The molecule has 0 aliphatic carbocycles. The van der Waals surface area contributed by atoms with Crippen LogP contribution in [0.25, 0.3) is 5.69 Å². The number of hydrogen-bond donors (Lipinski definition) is 2. The third kappa shape index (κ3) is 3.30. The third-order valence-electron chi connectivity index (χ3n) is 2.91. The largest absolute Gasteiger partial charge is 0.365 e. The summed E-state index contributed by atoms with van der Waals surface area (Å²) < 4.78 is 1.61. The summed E-state index contributed by atoms with van der Waals surface area (Å²) in [6, 6.07) is 8.06. The zero-order chi connectivity index (χ0) is 16.4. The Morgan fingerprint density at radius 3 is 2.70 bits per heavy atom. The van der Waals surface area contributed by atoms with Crippen LogP contribution in [0.4, 0.5) is 5.69 Å². The number of halogens is 2. The molecule has 0 atom stereocenters. The number of carbonyl (C=O) groups excluding carboxylic acids is 1. The zero-order valence-electron chi connectivity index (χ0n) is 11.3. The van der Waals surface area contributed by atoms with Crippen LogP contribution < -0.4 is 11.0 Å². The van der Waals surface area contributed by atoms with Gasteiger partial charge in [0.2, 0.25) is 0 Å². The maximum absolute atomic E-state index is 12.2. The highest BCUT2D eigenvalue weighted by Crippen LogP contribution is 2.20. The standard InChI is InChI=1S/C13H8BrClN6O2/c14-11-5-9(10(15)6-16-11)12(22)17-7-1-3-8(4-2-7)21-13(23)18-19-20-21/h1-6H,(H,17,22)(H,18,20,23). The fourth-order valence-electron chi connectivity index (χ4n) is 1.84. The average Bonchev–Trinajstić information content (AvgIpc) is 2.96. The SMILES string of the molecule is O=C(Nc1ccc(-n2nn[nH]c2=O)cc1)c1cc(Br)ncc1Cl. The molecule has 0 unspecified atom stereocenters. The van der Waals surface area contributed by atoms with Crippen molar-refractivity contribution in [1.29, 1.82) is 0 Å². The number of benzene rings is 1. The van der Waals surface area contributed by atoms with E-state index in [1.165, 1.54) is 12.3 Å². The van der Waals surface area contributed by atoms with Crippen molar-refractivity contribution in [1.82, 2.24) is 25.2 Å². The number of nitrogens with one attached hydrogen (secondary N) is 2. The molecule has 0 aliphatic heterocycles. The number of aromatic amines is 1. The van der Waals surface area contributed by atoms with Gasteiger partial charge in [-0.25, -0.2) is 14.9 Å². The molecule has 0 saturated heterocycles. The van der Waals surface area contributed by atoms with Crippen molar-refractivity contribution in [3.8, 4) is 5.69 Å². The number of hydrogen-bond acceptors (Lipinski definition) is 5. The molecule has 2 N–H and O–H groups in total. The molecule has 1 aromatic carbocycles. The molecular formula is C13H8BrClN6O2. The highest BCUT2D eigenvalue weighted by Gasteiger charge is 2.12. The number of H-pyrrole nitrogens is 1. The molecule has 0 saturated carbocycles. The Kier molecular flexibility index (Phi) is 4.22. The number of carbonyl (C=O) groups is 1. The lowest BCUT2D eigenvalue weighted by molar-refractivity contribution is 0.102. The van der Waals surface area contributed by atoms with Crippen LogP contribution in [0.2, 0.25) is 5.02 Å². The van der Waals surface area contributed by atoms with Crippen LogP contribution in [0.3, 0.4) is 0 Å². The lowest BCUT2D eigenvalue weighted by atomic mass is 10.2. The number of aromatic nitrogens is 5. The molecule has 23 heavy (non-hydrogen) atoms. The summed E-state index contributed by atoms with van der Waals surface area (Å²) in [5, 5.41) is 12.2. The summed E-state index contributed by atoms with van der Waals surface area (Å²) >= 11 is 9.16. The normalized spacial score (nSPS) is 10.5. The van der Waals surface area contributed by atoms with Crippen molar-refractivity contribution in [2.45, 2.75) is 0 Å². The highest BCUT2D eigenvalue weighted by molar-refractivity contribution is 9.10. The predicted molar refractivity (Wildman–Crippen MR) is 86.9 cm³/mol. The number of pyridine rings is 1.